The minimum absolute atomic E-state index is 0.126. The molecule has 3 N–H and O–H groups in total. The maximum atomic E-state index is 12.8. The molecule has 15 heteroatoms. The second kappa shape index (κ2) is 13.3. The predicted octanol–water partition coefficient (Wildman–Crippen LogP) is 3.62. The molecule has 2 amide bonds. The average Bonchev–Trinajstić information content (AvgIpc) is 3.68. The van der Waals surface area contributed by atoms with Crippen molar-refractivity contribution in [3.05, 3.63) is 57.8 Å². The van der Waals surface area contributed by atoms with Crippen LogP contribution in [-0.2, 0) is 22.4 Å². The fourth-order valence-corrected chi connectivity index (χ4v) is 8.02. The third-order valence-electron chi connectivity index (χ3n) is 8.59. The van der Waals surface area contributed by atoms with Crippen molar-refractivity contribution in [1.29, 1.82) is 0 Å². The van der Waals surface area contributed by atoms with Gasteiger partial charge < -0.3 is 25.5 Å². The van der Waals surface area contributed by atoms with Crippen LogP contribution in [0.5, 0.6) is 0 Å². The first kappa shape index (κ1) is 30.6. The zero-order valence-electron chi connectivity index (χ0n) is 25.5. The standard InChI is InChI=1S/C31H36N10O3S2/c1-18-14-40(15-18)24-9-3-7-21(32-24)12-26(43)34-30-38-36-28(45-30)19-5-2-6-20(11-19)29-37-39-31(46-29)35-27(44)13-22-8-4-10-25(33-22)41-16-23(42)17-41/h3-4,7-10,18-20,23,42H,2,5-6,11-17H2,1H3,(H,34,38,43)(H,35,39,44)/t19-,20-/m0/s1. The molecule has 4 aromatic heterocycles. The first-order chi connectivity index (χ1) is 22.3. The number of β-amino-alcohol motifs (C(OH)–C–C–N with tert-alkyl or cyclic N) is 1. The third kappa shape index (κ3) is 7.16. The second-order valence-electron chi connectivity index (χ2n) is 12.4. The van der Waals surface area contributed by atoms with Crippen molar-refractivity contribution in [2.24, 2.45) is 5.92 Å². The summed E-state index contributed by atoms with van der Waals surface area (Å²) in [6, 6.07) is 11.4. The zero-order chi connectivity index (χ0) is 31.6. The number of nitrogens with one attached hydrogen (secondary N) is 2. The maximum absolute atomic E-state index is 12.8. The van der Waals surface area contributed by atoms with E-state index in [9.17, 15) is 14.7 Å². The molecule has 3 aliphatic rings. The molecule has 2 atom stereocenters. The van der Waals surface area contributed by atoms with Crippen molar-refractivity contribution in [3.63, 3.8) is 0 Å². The highest BCUT2D eigenvalue weighted by atomic mass is 32.1. The molecule has 4 aromatic rings. The minimum Gasteiger partial charge on any atom is -0.389 e. The number of pyridine rings is 2. The maximum Gasteiger partial charge on any atom is 0.232 e. The van der Waals surface area contributed by atoms with Crippen LogP contribution in [-0.4, -0.2) is 79.6 Å². The summed E-state index contributed by atoms with van der Waals surface area (Å²) in [5.41, 5.74) is 1.39. The van der Waals surface area contributed by atoms with E-state index in [0.717, 1.165) is 66.1 Å². The van der Waals surface area contributed by atoms with E-state index in [1.54, 1.807) is 0 Å². The van der Waals surface area contributed by atoms with Gasteiger partial charge in [0.25, 0.3) is 0 Å². The summed E-state index contributed by atoms with van der Waals surface area (Å²) in [7, 11) is 0. The van der Waals surface area contributed by atoms with E-state index in [-0.39, 0.29) is 42.6 Å². The fourth-order valence-electron chi connectivity index (χ4n) is 6.21. The van der Waals surface area contributed by atoms with E-state index in [0.29, 0.717) is 35.0 Å². The Bertz CT molecular complexity index is 1580. The lowest BCUT2D eigenvalue weighted by Crippen LogP contribution is -2.51. The number of hydrogen-bond acceptors (Lipinski definition) is 13. The Kier molecular flexibility index (Phi) is 8.86. The molecule has 0 bridgehead atoms. The summed E-state index contributed by atoms with van der Waals surface area (Å²) in [6.07, 6.45) is 3.85. The van der Waals surface area contributed by atoms with Crippen LogP contribution in [0.1, 0.15) is 65.8 Å². The van der Waals surface area contributed by atoms with Gasteiger partial charge in [-0.3, -0.25) is 9.59 Å². The summed E-state index contributed by atoms with van der Waals surface area (Å²) < 4.78 is 0. The van der Waals surface area contributed by atoms with Crippen molar-refractivity contribution in [2.75, 3.05) is 46.6 Å². The van der Waals surface area contributed by atoms with Crippen LogP contribution < -0.4 is 20.4 Å². The molecule has 46 heavy (non-hydrogen) atoms. The van der Waals surface area contributed by atoms with Crippen LogP contribution in [0.15, 0.2) is 36.4 Å². The Balaban J connectivity index is 0.904. The molecule has 6 heterocycles. The van der Waals surface area contributed by atoms with E-state index in [2.05, 4.69) is 52.8 Å². The Morgan fingerprint density at radius 2 is 1.28 bits per heavy atom. The van der Waals surface area contributed by atoms with Crippen molar-refractivity contribution in [1.82, 2.24) is 30.4 Å². The fraction of sp³-hybridized carbons (Fsp3) is 0.484. The lowest BCUT2D eigenvalue weighted by Gasteiger charge is -2.38. The van der Waals surface area contributed by atoms with Gasteiger partial charge in [0.05, 0.1) is 30.3 Å². The molecule has 2 aliphatic heterocycles. The Morgan fingerprint density at radius 3 is 1.76 bits per heavy atom. The number of carbonyl (C=O) groups is 2. The summed E-state index contributed by atoms with van der Waals surface area (Å²) in [6.45, 7) is 5.32. The second-order valence-corrected chi connectivity index (χ2v) is 14.5. The van der Waals surface area contributed by atoms with Crippen LogP contribution in [0.3, 0.4) is 0 Å². The molecule has 0 aromatic carbocycles. The molecule has 2 saturated heterocycles. The van der Waals surface area contributed by atoms with Crippen LogP contribution in [0.2, 0.25) is 0 Å². The van der Waals surface area contributed by atoms with Gasteiger partial charge in [0.2, 0.25) is 22.1 Å². The number of rotatable bonds is 10. The largest absolute Gasteiger partial charge is 0.389 e. The molecule has 1 saturated carbocycles. The number of nitrogens with zero attached hydrogens (tertiary/aromatic N) is 8. The molecule has 240 valence electrons. The van der Waals surface area contributed by atoms with Gasteiger partial charge in [-0.25, -0.2) is 9.97 Å². The highest BCUT2D eigenvalue weighted by Crippen LogP contribution is 2.43. The first-order valence-corrected chi connectivity index (χ1v) is 17.3. The van der Waals surface area contributed by atoms with Crippen molar-refractivity contribution in [2.45, 2.75) is 63.4 Å². The molecule has 13 nitrogen and oxygen atoms in total. The predicted molar refractivity (Wildman–Crippen MR) is 177 cm³/mol. The molecule has 0 radical (unpaired) electrons. The molecular formula is C31H36N10O3S2. The monoisotopic (exact) mass is 660 g/mol. The number of aliphatic hydroxyl groups is 1. The van der Waals surface area contributed by atoms with E-state index in [1.165, 1.54) is 22.7 Å². The number of hydrogen-bond donors (Lipinski definition) is 3. The van der Waals surface area contributed by atoms with Crippen molar-refractivity contribution in [3.8, 4) is 0 Å². The molecule has 0 unspecified atom stereocenters. The smallest absolute Gasteiger partial charge is 0.232 e. The van der Waals surface area contributed by atoms with Gasteiger partial charge in [-0.1, -0.05) is 48.2 Å². The Hall–Kier alpha value is -4.08. The average molecular weight is 661 g/mol. The molecule has 3 fully saturated rings. The van der Waals surface area contributed by atoms with Crippen LogP contribution in [0.25, 0.3) is 0 Å². The Morgan fingerprint density at radius 1 is 0.783 bits per heavy atom. The van der Waals surface area contributed by atoms with Gasteiger partial charge in [0.1, 0.15) is 21.7 Å². The third-order valence-corrected chi connectivity index (χ3v) is 10.6. The van der Waals surface area contributed by atoms with E-state index >= 15 is 0 Å². The number of amides is 2. The number of aromatic nitrogens is 6. The minimum atomic E-state index is -0.320. The van der Waals surface area contributed by atoms with Gasteiger partial charge in [-0.15, -0.1) is 20.4 Å². The molecule has 0 spiro atoms. The highest BCUT2D eigenvalue weighted by Gasteiger charge is 2.30. The quantitative estimate of drug-likeness (QED) is 0.228. The zero-order valence-corrected chi connectivity index (χ0v) is 27.1. The number of carbonyl (C=O) groups excluding carboxylic acids is 2. The van der Waals surface area contributed by atoms with Gasteiger partial charge in [0, 0.05) is 38.0 Å². The number of anilines is 4. The topological polar surface area (TPSA) is 162 Å². The van der Waals surface area contributed by atoms with Crippen molar-refractivity contribution < 1.29 is 14.7 Å². The lowest BCUT2D eigenvalue weighted by molar-refractivity contribution is -0.116. The summed E-state index contributed by atoms with van der Waals surface area (Å²) in [5, 5.41) is 35.5. The SMILES string of the molecule is CC1CN(c2cccc(CC(=O)Nc3nnc([C@H]4CCC[C@H](c5nnc(NC(=O)Cc6cccc(N7CC(O)C7)n6)s5)C4)s3)n2)C1. The van der Waals surface area contributed by atoms with Gasteiger partial charge in [0.15, 0.2) is 0 Å². The van der Waals surface area contributed by atoms with Crippen LogP contribution >= 0.6 is 22.7 Å². The van der Waals surface area contributed by atoms with Crippen molar-refractivity contribution >= 4 is 56.4 Å². The van der Waals surface area contributed by atoms with E-state index < -0.39 is 0 Å². The van der Waals surface area contributed by atoms with Gasteiger partial charge >= 0.3 is 0 Å². The highest BCUT2D eigenvalue weighted by molar-refractivity contribution is 7.15. The summed E-state index contributed by atoms with van der Waals surface area (Å²) in [4.78, 5) is 39.0. The van der Waals surface area contributed by atoms with Crippen LogP contribution in [0.4, 0.5) is 21.9 Å². The van der Waals surface area contributed by atoms with E-state index in [1.807, 2.05) is 41.3 Å². The van der Waals surface area contributed by atoms with Gasteiger partial charge in [-0.05, 0) is 49.4 Å². The lowest BCUT2D eigenvalue weighted by atomic mass is 9.82. The normalized spacial score (nSPS) is 20.2. The molecular weight excluding hydrogens is 625 g/mol. The molecule has 1 aliphatic carbocycles. The number of aliphatic hydroxyl groups excluding tert-OH is 1. The summed E-state index contributed by atoms with van der Waals surface area (Å²) in [5.74, 6) is 2.43. The Labute approximate surface area is 274 Å². The summed E-state index contributed by atoms with van der Waals surface area (Å²) >= 11 is 2.83. The van der Waals surface area contributed by atoms with Gasteiger partial charge in [-0.2, -0.15) is 0 Å². The first-order valence-electron chi connectivity index (χ1n) is 15.7. The van der Waals surface area contributed by atoms with E-state index in [4.69, 9.17) is 0 Å². The molecule has 7 rings (SSSR count). The van der Waals surface area contributed by atoms with Crippen LogP contribution in [0, 0.1) is 5.92 Å².